The summed E-state index contributed by atoms with van der Waals surface area (Å²) in [5.41, 5.74) is 6.15. The first-order chi connectivity index (χ1) is 8.74. The van der Waals surface area contributed by atoms with Crippen LogP contribution < -0.4 is 5.73 Å². The van der Waals surface area contributed by atoms with Crippen molar-refractivity contribution in [3.63, 3.8) is 0 Å². The molecule has 7 nitrogen and oxygen atoms in total. The average Bonchev–Trinajstić information content (AvgIpc) is 2.97. The van der Waals surface area contributed by atoms with E-state index >= 15 is 0 Å². The van der Waals surface area contributed by atoms with Gasteiger partial charge in [0.2, 0.25) is 5.82 Å². The Bertz CT molecular complexity index is 686. The van der Waals surface area contributed by atoms with Gasteiger partial charge in [-0.15, -0.1) is 0 Å². The number of nitrogen functional groups attached to an aromatic ring is 1. The van der Waals surface area contributed by atoms with Crippen LogP contribution in [-0.4, -0.2) is 24.7 Å². The second-order valence-electron chi connectivity index (χ2n) is 3.73. The smallest absolute Gasteiger partial charge is 0.277 e. The molecule has 0 radical (unpaired) electrons. The molecule has 2 N–H and O–H groups in total. The third-order valence-electron chi connectivity index (χ3n) is 2.44. The maximum Gasteiger partial charge on any atom is 0.277 e. The fourth-order valence-electron chi connectivity index (χ4n) is 1.57. The summed E-state index contributed by atoms with van der Waals surface area (Å²) in [5, 5.41) is 3.88. The summed E-state index contributed by atoms with van der Waals surface area (Å²) in [6, 6.07) is 5.23. The molecule has 0 atom stereocenters. The highest BCUT2D eigenvalue weighted by Gasteiger charge is 2.14. The Hall–Kier alpha value is -2.70. The number of aromatic nitrogens is 5. The predicted octanol–water partition coefficient (Wildman–Crippen LogP) is 1.11. The van der Waals surface area contributed by atoms with Crippen LogP contribution in [0.3, 0.4) is 0 Å². The number of anilines is 1. The molecule has 0 saturated carbocycles. The molecule has 3 rings (SSSR count). The molecule has 0 fully saturated rings. The third-order valence-corrected chi connectivity index (χ3v) is 2.44. The number of hydrogen-bond donors (Lipinski definition) is 1. The molecule has 90 valence electrons. The van der Waals surface area contributed by atoms with Crippen molar-refractivity contribution < 1.29 is 4.52 Å². The topological polar surface area (TPSA) is 95.7 Å². The van der Waals surface area contributed by atoms with E-state index in [-0.39, 0.29) is 0 Å². The van der Waals surface area contributed by atoms with E-state index in [1.165, 1.54) is 0 Å². The summed E-state index contributed by atoms with van der Waals surface area (Å²) in [6.45, 7) is 0. The van der Waals surface area contributed by atoms with Gasteiger partial charge < -0.3 is 14.8 Å². The zero-order chi connectivity index (χ0) is 12.5. The third kappa shape index (κ3) is 1.71. The molecule has 0 aromatic carbocycles. The number of pyridine rings is 1. The monoisotopic (exact) mass is 242 g/mol. The van der Waals surface area contributed by atoms with Gasteiger partial charge in [0.25, 0.3) is 5.89 Å². The lowest BCUT2D eigenvalue weighted by Crippen LogP contribution is -1.93. The van der Waals surface area contributed by atoms with Crippen molar-refractivity contribution in [1.29, 1.82) is 0 Å². The second-order valence-corrected chi connectivity index (χ2v) is 3.73. The second kappa shape index (κ2) is 3.95. The molecule has 0 amide bonds. The standard InChI is InChI=1S/C11H10N6O/c1-17-6-5-13-10(17)9-15-11(18-16-9)7-3-2-4-8(12)14-7/h2-6H,1H3,(H2,12,14). The van der Waals surface area contributed by atoms with E-state index in [9.17, 15) is 0 Å². The average molecular weight is 242 g/mol. The fraction of sp³-hybridized carbons (Fsp3) is 0.0909. The molecule has 18 heavy (non-hydrogen) atoms. The Morgan fingerprint density at radius 1 is 1.28 bits per heavy atom. The lowest BCUT2D eigenvalue weighted by atomic mass is 10.3. The first-order valence-electron chi connectivity index (χ1n) is 5.28. The minimum atomic E-state index is 0.320. The highest BCUT2D eigenvalue weighted by Crippen LogP contribution is 2.19. The van der Waals surface area contributed by atoms with Crippen LogP contribution in [0.4, 0.5) is 5.82 Å². The van der Waals surface area contributed by atoms with E-state index in [1.54, 1.807) is 29.0 Å². The van der Waals surface area contributed by atoms with E-state index in [0.717, 1.165) is 0 Å². The number of rotatable bonds is 2. The van der Waals surface area contributed by atoms with E-state index in [4.69, 9.17) is 10.3 Å². The van der Waals surface area contributed by atoms with Crippen molar-refractivity contribution in [2.24, 2.45) is 7.05 Å². The first kappa shape index (κ1) is 10.5. The molecule has 0 aliphatic heterocycles. The zero-order valence-electron chi connectivity index (χ0n) is 9.61. The lowest BCUT2D eigenvalue weighted by molar-refractivity contribution is 0.430. The van der Waals surface area contributed by atoms with Gasteiger partial charge in [-0.3, -0.25) is 0 Å². The Kier molecular flexibility index (Phi) is 2.30. The molecular formula is C11H10N6O. The van der Waals surface area contributed by atoms with E-state index in [0.29, 0.717) is 29.1 Å². The summed E-state index contributed by atoms with van der Waals surface area (Å²) in [7, 11) is 1.86. The first-order valence-corrected chi connectivity index (χ1v) is 5.28. The molecule has 0 bridgehead atoms. The number of imidazole rings is 1. The van der Waals surface area contributed by atoms with Gasteiger partial charge in [0.15, 0.2) is 5.82 Å². The van der Waals surface area contributed by atoms with Crippen molar-refractivity contribution in [2.45, 2.75) is 0 Å². The van der Waals surface area contributed by atoms with Crippen LogP contribution in [0, 0.1) is 0 Å². The van der Waals surface area contributed by atoms with Gasteiger partial charge in [-0.2, -0.15) is 4.98 Å². The summed E-state index contributed by atoms with van der Waals surface area (Å²) < 4.78 is 6.96. The zero-order valence-corrected chi connectivity index (χ0v) is 9.61. The van der Waals surface area contributed by atoms with Crippen LogP contribution in [0.25, 0.3) is 23.2 Å². The Morgan fingerprint density at radius 3 is 2.89 bits per heavy atom. The van der Waals surface area contributed by atoms with Crippen LogP contribution in [0.1, 0.15) is 0 Å². The van der Waals surface area contributed by atoms with E-state index in [2.05, 4.69) is 20.1 Å². The van der Waals surface area contributed by atoms with Crippen molar-refractivity contribution in [3.8, 4) is 23.2 Å². The molecule has 3 aromatic heterocycles. The quantitative estimate of drug-likeness (QED) is 0.723. The van der Waals surface area contributed by atoms with Crippen molar-refractivity contribution in [2.75, 3.05) is 5.73 Å². The number of nitrogens with two attached hydrogens (primary N) is 1. The van der Waals surface area contributed by atoms with Crippen LogP contribution in [0.15, 0.2) is 35.1 Å². The van der Waals surface area contributed by atoms with Crippen LogP contribution in [0.5, 0.6) is 0 Å². The molecule has 3 aromatic rings. The summed E-state index contributed by atoms with van der Waals surface area (Å²) >= 11 is 0. The maximum absolute atomic E-state index is 5.60. The van der Waals surface area contributed by atoms with Gasteiger partial charge in [0.1, 0.15) is 11.5 Å². The van der Waals surface area contributed by atoms with Gasteiger partial charge in [-0.25, -0.2) is 9.97 Å². The molecule has 0 aliphatic rings. The highest BCUT2D eigenvalue weighted by atomic mass is 16.5. The Morgan fingerprint density at radius 2 is 2.17 bits per heavy atom. The fourth-order valence-corrected chi connectivity index (χ4v) is 1.57. The molecule has 0 unspecified atom stereocenters. The van der Waals surface area contributed by atoms with Crippen LogP contribution in [-0.2, 0) is 7.05 Å². The summed E-state index contributed by atoms with van der Waals surface area (Å²) in [6.07, 6.45) is 3.48. The van der Waals surface area contributed by atoms with Crippen molar-refractivity contribution >= 4 is 5.82 Å². The molecule has 7 heteroatoms. The number of hydrogen-bond acceptors (Lipinski definition) is 6. The minimum Gasteiger partial charge on any atom is -0.384 e. The Labute approximate surface area is 102 Å². The normalized spacial score (nSPS) is 10.7. The molecule has 0 aliphatic carbocycles. The maximum atomic E-state index is 5.60. The summed E-state index contributed by atoms with van der Waals surface area (Å²) in [4.78, 5) is 12.5. The van der Waals surface area contributed by atoms with Gasteiger partial charge in [0, 0.05) is 19.4 Å². The van der Waals surface area contributed by atoms with Crippen molar-refractivity contribution in [3.05, 3.63) is 30.6 Å². The van der Waals surface area contributed by atoms with Gasteiger partial charge >= 0.3 is 0 Å². The molecule has 3 heterocycles. The highest BCUT2D eigenvalue weighted by molar-refractivity contribution is 5.53. The number of nitrogens with zero attached hydrogens (tertiary/aromatic N) is 5. The van der Waals surface area contributed by atoms with Gasteiger partial charge in [-0.05, 0) is 12.1 Å². The summed E-state index contributed by atoms with van der Waals surface area (Å²) in [5.74, 6) is 1.78. The van der Waals surface area contributed by atoms with Crippen LogP contribution in [0.2, 0.25) is 0 Å². The van der Waals surface area contributed by atoms with Crippen LogP contribution >= 0.6 is 0 Å². The number of aryl methyl sites for hydroxylation is 1. The predicted molar refractivity (Wildman–Crippen MR) is 64.1 cm³/mol. The lowest BCUT2D eigenvalue weighted by Gasteiger charge is -1.94. The molecule has 0 spiro atoms. The van der Waals surface area contributed by atoms with E-state index < -0.39 is 0 Å². The minimum absolute atomic E-state index is 0.320. The molecular weight excluding hydrogens is 232 g/mol. The Balaban J connectivity index is 2.02. The van der Waals surface area contributed by atoms with Gasteiger partial charge in [-0.1, -0.05) is 11.2 Å². The SMILES string of the molecule is Cn1ccnc1-c1noc(-c2cccc(N)n2)n1. The van der Waals surface area contributed by atoms with Crippen molar-refractivity contribution in [1.82, 2.24) is 24.7 Å². The van der Waals surface area contributed by atoms with E-state index in [1.807, 2.05) is 13.2 Å². The molecule has 0 saturated heterocycles. The largest absolute Gasteiger partial charge is 0.384 e. The van der Waals surface area contributed by atoms with Gasteiger partial charge in [0.05, 0.1) is 0 Å².